The van der Waals surface area contributed by atoms with Crippen LogP contribution in [-0.4, -0.2) is 33.5 Å². The highest BCUT2D eigenvalue weighted by atomic mass is 16.5. The van der Waals surface area contributed by atoms with Crippen LogP contribution in [0.25, 0.3) is 0 Å². The molecule has 5 nitrogen and oxygen atoms in total. The molecule has 1 aromatic heterocycles. The molecule has 0 atom stereocenters. The molecule has 0 spiro atoms. The summed E-state index contributed by atoms with van der Waals surface area (Å²) in [5, 5.41) is 0. The van der Waals surface area contributed by atoms with Crippen LogP contribution in [0.5, 0.6) is 5.75 Å². The van der Waals surface area contributed by atoms with Crippen LogP contribution in [0.3, 0.4) is 0 Å². The highest BCUT2D eigenvalue weighted by Gasteiger charge is 2.24. The van der Waals surface area contributed by atoms with Crippen molar-refractivity contribution in [2.45, 2.75) is 19.9 Å². The van der Waals surface area contributed by atoms with Crippen molar-refractivity contribution in [3.63, 3.8) is 0 Å². The monoisotopic (exact) mass is 285 g/mol. The predicted molar refractivity (Wildman–Crippen MR) is 79.3 cm³/mol. The SMILES string of the molecule is CCOc1ccc(C(=O)N2CCc3ncn(C)c3C2)cc1. The van der Waals surface area contributed by atoms with Crippen molar-refractivity contribution in [1.82, 2.24) is 14.5 Å². The molecular formula is C16H19N3O2. The number of hydrogen-bond acceptors (Lipinski definition) is 3. The summed E-state index contributed by atoms with van der Waals surface area (Å²) in [7, 11) is 1.97. The van der Waals surface area contributed by atoms with Gasteiger partial charge >= 0.3 is 0 Å². The summed E-state index contributed by atoms with van der Waals surface area (Å²) < 4.78 is 7.39. The second kappa shape index (κ2) is 5.60. The Morgan fingerprint density at radius 2 is 2.10 bits per heavy atom. The van der Waals surface area contributed by atoms with Crippen molar-refractivity contribution in [2.24, 2.45) is 7.05 Å². The summed E-state index contributed by atoms with van der Waals surface area (Å²) in [5.41, 5.74) is 2.93. The van der Waals surface area contributed by atoms with Gasteiger partial charge in [0.15, 0.2) is 0 Å². The Bertz CT molecular complexity index is 646. The average molecular weight is 285 g/mol. The number of fused-ring (bicyclic) bond motifs is 1. The molecule has 1 aromatic carbocycles. The number of carbonyl (C=O) groups excluding carboxylic acids is 1. The van der Waals surface area contributed by atoms with Crippen molar-refractivity contribution >= 4 is 5.91 Å². The van der Waals surface area contributed by atoms with Gasteiger partial charge in [-0.25, -0.2) is 4.98 Å². The second-order valence-electron chi connectivity index (χ2n) is 5.18. The van der Waals surface area contributed by atoms with E-state index in [4.69, 9.17) is 4.74 Å². The Balaban J connectivity index is 1.75. The van der Waals surface area contributed by atoms with Gasteiger partial charge in [-0.3, -0.25) is 4.79 Å². The fourth-order valence-electron chi connectivity index (χ4n) is 2.63. The first-order valence-electron chi connectivity index (χ1n) is 7.20. The van der Waals surface area contributed by atoms with Gasteiger partial charge in [-0.2, -0.15) is 0 Å². The van der Waals surface area contributed by atoms with Crippen LogP contribution in [-0.2, 0) is 20.0 Å². The van der Waals surface area contributed by atoms with Crippen molar-refractivity contribution < 1.29 is 9.53 Å². The van der Waals surface area contributed by atoms with Gasteiger partial charge in [-0.15, -0.1) is 0 Å². The zero-order valence-corrected chi connectivity index (χ0v) is 12.4. The summed E-state index contributed by atoms with van der Waals surface area (Å²) in [4.78, 5) is 18.8. The van der Waals surface area contributed by atoms with E-state index in [1.165, 1.54) is 0 Å². The topological polar surface area (TPSA) is 47.4 Å². The number of ether oxygens (including phenoxy) is 1. The Morgan fingerprint density at radius 3 is 2.81 bits per heavy atom. The molecule has 0 aliphatic carbocycles. The minimum Gasteiger partial charge on any atom is -0.494 e. The van der Waals surface area contributed by atoms with Gasteiger partial charge in [0.05, 0.1) is 30.9 Å². The van der Waals surface area contributed by atoms with Crippen LogP contribution >= 0.6 is 0 Å². The van der Waals surface area contributed by atoms with Gasteiger partial charge in [-0.1, -0.05) is 0 Å². The van der Waals surface area contributed by atoms with Crippen LogP contribution < -0.4 is 4.74 Å². The Labute approximate surface area is 124 Å². The first-order valence-corrected chi connectivity index (χ1v) is 7.20. The number of hydrogen-bond donors (Lipinski definition) is 0. The number of nitrogens with zero attached hydrogens (tertiary/aromatic N) is 3. The lowest BCUT2D eigenvalue weighted by molar-refractivity contribution is 0.0730. The molecule has 110 valence electrons. The molecule has 0 saturated heterocycles. The van der Waals surface area contributed by atoms with E-state index in [9.17, 15) is 4.79 Å². The highest BCUT2D eigenvalue weighted by molar-refractivity contribution is 5.94. The molecule has 0 radical (unpaired) electrons. The largest absolute Gasteiger partial charge is 0.494 e. The molecule has 1 aliphatic rings. The molecule has 0 fully saturated rings. The number of rotatable bonds is 3. The Kier molecular flexibility index (Phi) is 3.64. The summed E-state index contributed by atoms with van der Waals surface area (Å²) in [6, 6.07) is 7.34. The molecule has 0 N–H and O–H groups in total. The molecule has 21 heavy (non-hydrogen) atoms. The quantitative estimate of drug-likeness (QED) is 0.867. The lowest BCUT2D eigenvalue weighted by Gasteiger charge is -2.27. The molecule has 2 aromatic rings. The van der Waals surface area contributed by atoms with Gasteiger partial charge in [0.1, 0.15) is 5.75 Å². The van der Waals surface area contributed by atoms with Crippen molar-refractivity contribution in [2.75, 3.05) is 13.2 Å². The van der Waals surface area contributed by atoms with Gasteiger partial charge in [0.25, 0.3) is 5.91 Å². The lowest BCUT2D eigenvalue weighted by Crippen LogP contribution is -2.36. The second-order valence-corrected chi connectivity index (χ2v) is 5.18. The molecule has 0 saturated carbocycles. The first kappa shape index (κ1) is 13.7. The number of amides is 1. The van der Waals surface area contributed by atoms with E-state index < -0.39 is 0 Å². The maximum absolute atomic E-state index is 12.6. The summed E-state index contributed by atoms with van der Waals surface area (Å²) in [6.07, 6.45) is 2.63. The molecule has 5 heteroatoms. The Morgan fingerprint density at radius 1 is 1.33 bits per heavy atom. The van der Waals surface area contributed by atoms with Crippen molar-refractivity contribution in [3.05, 3.63) is 47.5 Å². The standard InChI is InChI=1S/C16H19N3O2/c1-3-21-13-6-4-12(5-7-13)16(20)19-9-8-14-15(10-19)18(2)11-17-14/h4-7,11H,3,8-10H2,1-2H3. The van der Waals surface area contributed by atoms with E-state index in [-0.39, 0.29) is 5.91 Å². The first-order chi connectivity index (χ1) is 10.2. The van der Waals surface area contributed by atoms with Crippen LogP contribution in [0.4, 0.5) is 0 Å². The fourth-order valence-corrected chi connectivity index (χ4v) is 2.63. The molecular weight excluding hydrogens is 266 g/mol. The third-order valence-electron chi connectivity index (χ3n) is 3.80. The average Bonchev–Trinajstić information content (AvgIpc) is 2.89. The third-order valence-corrected chi connectivity index (χ3v) is 3.80. The molecule has 3 rings (SSSR count). The van der Waals surface area contributed by atoms with Crippen molar-refractivity contribution in [3.8, 4) is 5.75 Å². The highest BCUT2D eigenvalue weighted by Crippen LogP contribution is 2.20. The summed E-state index contributed by atoms with van der Waals surface area (Å²) >= 11 is 0. The van der Waals surface area contributed by atoms with Gasteiger partial charge in [0.2, 0.25) is 0 Å². The zero-order valence-electron chi connectivity index (χ0n) is 12.4. The molecule has 0 bridgehead atoms. The number of carbonyl (C=O) groups is 1. The van der Waals surface area contributed by atoms with E-state index in [1.807, 2.05) is 54.0 Å². The number of benzene rings is 1. The third kappa shape index (κ3) is 2.63. The normalized spacial score (nSPS) is 13.9. The maximum Gasteiger partial charge on any atom is 0.254 e. The molecule has 1 amide bonds. The number of aryl methyl sites for hydroxylation is 1. The number of aromatic nitrogens is 2. The van der Waals surface area contributed by atoms with E-state index >= 15 is 0 Å². The van der Waals surface area contributed by atoms with Crippen LogP contribution in [0.15, 0.2) is 30.6 Å². The fraction of sp³-hybridized carbons (Fsp3) is 0.375. The summed E-state index contributed by atoms with van der Waals surface area (Å²) in [5.74, 6) is 0.853. The van der Waals surface area contributed by atoms with Crippen LogP contribution in [0.1, 0.15) is 28.7 Å². The van der Waals surface area contributed by atoms with E-state index in [0.29, 0.717) is 18.7 Å². The summed E-state index contributed by atoms with van der Waals surface area (Å²) in [6.45, 7) is 3.91. The van der Waals surface area contributed by atoms with Crippen molar-refractivity contribution in [1.29, 1.82) is 0 Å². The van der Waals surface area contributed by atoms with Gasteiger partial charge in [0, 0.05) is 25.6 Å². The molecule has 2 heterocycles. The zero-order chi connectivity index (χ0) is 14.8. The Hall–Kier alpha value is -2.30. The van der Waals surface area contributed by atoms with E-state index in [2.05, 4.69) is 4.98 Å². The number of imidazole rings is 1. The minimum atomic E-state index is 0.0601. The van der Waals surface area contributed by atoms with Crippen LogP contribution in [0, 0.1) is 0 Å². The molecule has 1 aliphatic heterocycles. The molecule has 0 unspecified atom stereocenters. The van der Waals surface area contributed by atoms with Gasteiger partial charge in [-0.05, 0) is 31.2 Å². The lowest BCUT2D eigenvalue weighted by atomic mass is 10.1. The van der Waals surface area contributed by atoms with E-state index in [0.717, 1.165) is 30.1 Å². The maximum atomic E-state index is 12.6. The minimum absolute atomic E-state index is 0.0601. The van der Waals surface area contributed by atoms with E-state index in [1.54, 1.807) is 0 Å². The predicted octanol–water partition coefficient (Wildman–Crippen LogP) is 2.02. The van der Waals surface area contributed by atoms with Crippen LogP contribution in [0.2, 0.25) is 0 Å². The smallest absolute Gasteiger partial charge is 0.254 e. The van der Waals surface area contributed by atoms with Gasteiger partial charge < -0.3 is 14.2 Å².